The number of fused-ring (bicyclic) bond motifs is 7. The molecule has 302 valence electrons. The van der Waals surface area contributed by atoms with Crippen molar-refractivity contribution in [1.82, 2.24) is 10.6 Å². The molecule has 0 bridgehead atoms. The van der Waals surface area contributed by atoms with Gasteiger partial charge in [0.25, 0.3) is 0 Å². The van der Waals surface area contributed by atoms with Crippen molar-refractivity contribution in [1.29, 1.82) is 0 Å². The van der Waals surface area contributed by atoms with Crippen LogP contribution in [0.3, 0.4) is 0 Å². The van der Waals surface area contributed by atoms with Gasteiger partial charge in [0, 0.05) is 18.4 Å². The zero-order valence-corrected chi connectivity index (χ0v) is 34.3. The first-order chi connectivity index (χ1) is 25.6. The number of ether oxygens (including phenoxy) is 1. The summed E-state index contributed by atoms with van der Waals surface area (Å²) in [4.78, 5) is 63.2. The number of amides is 2. The molecule has 6 rings (SSSR count). The van der Waals surface area contributed by atoms with Crippen molar-refractivity contribution in [3.8, 4) is 0 Å². The van der Waals surface area contributed by atoms with E-state index in [0.29, 0.717) is 24.8 Å². The highest BCUT2D eigenvalue weighted by Gasteiger charge is 2.69. The highest BCUT2D eigenvalue weighted by Crippen LogP contribution is 2.76. The van der Waals surface area contributed by atoms with Gasteiger partial charge >= 0.3 is 17.9 Å². The van der Waals surface area contributed by atoms with Crippen LogP contribution in [0.4, 0.5) is 0 Å². The second-order valence-electron chi connectivity index (χ2n) is 20.0. The molecule has 0 aliphatic heterocycles. The van der Waals surface area contributed by atoms with E-state index in [1.54, 1.807) is 12.1 Å². The molecular formula is C45H64N2O8. The van der Waals surface area contributed by atoms with Crippen molar-refractivity contribution in [2.45, 2.75) is 145 Å². The van der Waals surface area contributed by atoms with Crippen molar-refractivity contribution >= 4 is 29.7 Å². The maximum Gasteiger partial charge on any atom is 0.339 e. The summed E-state index contributed by atoms with van der Waals surface area (Å²) >= 11 is 0. The first-order valence-corrected chi connectivity index (χ1v) is 20.7. The Kier molecular flexibility index (Phi) is 10.7. The van der Waals surface area contributed by atoms with Gasteiger partial charge in [-0.1, -0.05) is 72.2 Å². The van der Waals surface area contributed by atoms with Crippen LogP contribution in [0.5, 0.6) is 0 Å². The number of aromatic carboxylic acids is 1. The molecule has 0 heterocycles. The number of esters is 1. The van der Waals surface area contributed by atoms with E-state index in [2.05, 4.69) is 65.2 Å². The van der Waals surface area contributed by atoms with Crippen LogP contribution in [-0.2, 0) is 19.1 Å². The second-order valence-corrected chi connectivity index (χ2v) is 20.0. The lowest BCUT2D eigenvalue weighted by Crippen LogP contribution is -2.65. The fourth-order valence-corrected chi connectivity index (χ4v) is 12.9. The SMILES string of the molecule is C[C@H](NC(=O)CCCNC(=O)[C@]12CCC(C)(C)C[C@H]1C1=CC[C@@H]3[C@@]4(C)CC[C@H](OC(=O)c5ccccc5C(=O)O)C(C)(C)[C@@H]4CC[C@@]3(C)[C@]1(C)CC2)C(=O)O. The maximum absolute atomic E-state index is 14.4. The lowest BCUT2D eigenvalue weighted by molar-refractivity contribution is -0.204. The number of hydrogen-bond donors (Lipinski definition) is 4. The molecule has 1 aromatic carbocycles. The first kappa shape index (κ1) is 41.0. The molecule has 0 radical (unpaired) electrons. The summed E-state index contributed by atoms with van der Waals surface area (Å²) in [6, 6.07) is 5.33. The number of hydrogen-bond acceptors (Lipinski definition) is 6. The summed E-state index contributed by atoms with van der Waals surface area (Å²) in [7, 11) is 0. The van der Waals surface area contributed by atoms with Gasteiger partial charge in [0.2, 0.25) is 11.8 Å². The highest BCUT2D eigenvalue weighted by molar-refractivity contribution is 6.02. The van der Waals surface area contributed by atoms with Crippen molar-refractivity contribution < 1.29 is 38.9 Å². The topological polar surface area (TPSA) is 159 Å². The molecule has 1 aromatic rings. The normalized spacial score (nSPS) is 36.3. The van der Waals surface area contributed by atoms with Crippen LogP contribution in [0.25, 0.3) is 0 Å². The molecule has 0 aromatic heterocycles. The number of benzene rings is 1. The zero-order valence-electron chi connectivity index (χ0n) is 34.3. The van der Waals surface area contributed by atoms with Gasteiger partial charge < -0.3 is 25.6 Å². The predicted octanol–water partition coefficient (Wildman–Crippen LogP) is 8.20. The smallest absolute Gasteiger partial charge is 0.339 e. The predicted molar refractivity (Wildman–Crippen MR) is 209 cm³/mol. The van der Waals surface area contributed by atoms with E-state index in [0.717, 1.165) is 64.2 Å². The van der Waals surface area contributed by atoms with E-state index >= 15 is 0 Å². The lowest BCUT2D eigenvalue weighted by atomic mass is 9.33. The highest BCUT2D eigenvalue weighted by atomic mass is 16.5. The molecule has 0 spiro atoms. The second kappa shape index (κ2) is 14.4. The summed E-state index contributed by atoms with van der Waals surface area (Å²) in [6.07, 6.45) is 12.1. The fraction of sp³-hybridized carbons (Fsp3) is 0.711. The number of carbonyl (C=O) groups excluding carboxylic acids is 3. The van der Waals surface area contributed by atoms with Crippen molar-refractivity contribution in [3.63, 3.8) is 0 Å². The Hall–Kier alpha value is -3.69. The minimum atomic E-state index is -1.14. The number of nitrogens with one attached hydrogen (secondary N) is 2. The number of allylic oxidation sites excluding steroid dienone is 2. The Morgan fingerprint density at radius 2 is 1.53 bits per heavy atom. The number of carboxylic acids is 2. The largest absolute Gasteiger partial charge is 0.480 e. The Bertz CT molecular complexity index is 1770. The molecule has 0 saturated heterocycles. The molecule has 10 heteroatoms. The molecule has 4 saturated carbocycles. The quantitative estimate of drug-likeness (QED) is 0.106. The number of carbonyl (C=O) groups is 5. The molecular weight excluding hydrogens is 697 g/mol. The summed E-state index contributed by atoms with van der Waals surface area (Å²) in [5, 5.41) is 24.6. The van der Waals surface area contributed by atoms with Crippen LogP contribution in [0, 0.1) is 50.2 Å². The molecule has 5 aliphatic carbocycles. The van der Waals surface area contributed by atoms with Crippen molar-refractivity contribution in [3.05, 3.63) is 47.0 Å². The van der Waals surface area contributed by atoms with E-state index in [9.17, 15) is 29.1 Å². The summed E-state index contributed by atoms with van der Waals surface area (Å²) in [5.41, 5.74) is 0.797. The Morgan fingerprint density at radius 1 is 0.855 bits per heavy atom. The third kappa shape index (κ3) is 6.81. The molecule has 9 atom stereocenters. The van der Waals surface area contributed by atoms with Crippen molar-refractivity contribution in [2.75, 3.05) is 6.54 Å². The molecule has 4 N–H and O–H groups in total. The molecule has 2 amide bonds. The van der Waals surface area contributed by atoms with E-state index in [1.165, 1.54) is 24.6 Å². The molecule has 10 nitrogen and oxygen atoms in total. The van der Waals surface area contributed by atoms with Gasteiger partial charge in [-0.05, 0) is 129 Å². The van der Waals surface area contributed by atoms with Gasteiger partial charge in [-0.2, -0.15) is 0 Å². The lowest BCUT2D eigenvalue weighted by Gasteiger charge is -2.71. The third-order valence-corrected chi connectivity index (χ3v) is 16.3. The van der Waals surface area contributed by atoms with Crippen LogP contribution in [0.2, 0.25) is 0 Å². The van der Waals surface area contributed by atoms with Crippen LogP contribution < -0.4 is 10.6 Å². The fourth-order valence-electron chi connectivity index (χ4n) is 12.9. The van der Waals surface area contributed by atoms with Gasteiger partial charge in [0.1, 0.15) is 12.1 Å². The maximum atomic E-state index is 14.4. The Balaban J connectivity index is 1.22. The van der Waals surface area contributed by atoms with Crippen LogP contribution in [-0.4, -0.2) is 58.6 Å². The summed E-state index contributed by atoms with van der Waals surface area (Å²) in [6.45, 7) is 18.5. The van der Waals surface area contributed by atoms with Crippen molar-refractivity contribution in [2.24, 2.45) is 50.2 Å². The van der Waals surface area contributed by atoms with Gasteiger partial charge in [-0.15, -0.1) is 0 Å². The Labute approximate surface area is 327 Å². The number of aliphatic carboxylic acids is 1. The average Bonchev–Trinajstić information content (AvgIpc) is 3.11. The Morgan fingerprint density at radius 3 is 2.20 bits per heavy atom. The van der Waals surface area contributed by atoms with Gasteiger partial charge in [0.05, 0.1) is 16.5 Å². The van der Waals surface area contributed by atoms with E-state index in [1.807, 2.05) is 0 Å². The molecule has 55 heavy (non-hydrogen) atoms. The minimum absolute atomic E-state index is 0.00964. The zero-order chi connectivity index (χ0) is 40.4. The summed E-state index contributed by atoms with van der Waals surface area (Å²) < 4.78 is 6.23. The average molecular weight is 761 g/mol. The van der Waals surface area contributed by atoms with Gasteiger partial charge in [0.15, 0.2) is 0 Å². The molecule has 4 fully saturated rings. The minimum Gasteiger partial charge on any atom is -0.480 e. The standard InChI is InChI=1S/C45H64N2O8/c1-27(36(49)50)47-35(48)14-11-25-46-39(54)45-23-21-40(2,3)26-31(45)30-15-16-33-42(6)19-18-34(55-38(53)29-13-10-9-12-28(29)37(51)52)41(4,5)32(42)17-20-44(33,8)43(30,7)22-24-45/h9-10,12-13,15,27,31-34H,11,14,16-26H2,1-8H3,(H,46,54)(H,47,48)(H,49,50)(H,51,52)/t27-,31-,32-,33+,34-,42-,43+,44+,45-/m0/s1. The van der Waals surface area contributed by atoms with Crippen LogP contribution >= 0.6 is 0 Å². The van der Waals surface area contributed by atoms with Gasteiger partial charge in [-0.25, -0.2) is 9.59 Å². The van der Waals surface area contributed by atoms with E-state index in [4.69, 9.17) is 9.84 Å². The van der Waals surface area contributed by atoms with Crippen LogP contribution in [0.15, 0.2) is 35.9 Å². The monoisotopic (exact) mass is 760 g/mol. The number of carboxylic acid groups (broad SMARTS) is 2. The third-order valence-electron chi connectivity index (χ3n) is 16.3. The van der Waals surface area contributed by atoms with E-state index in [-0.39, 0.29) is 68.5 Å². The molecule has 5 aliphatic rings. The van der Waals surface area contributed by atoms with E-state index < -0.39 is 29.4 Å². The first-order valence-electron chi connectivity index (χ1n) is 20.7. The summed E-state index contributed by atoms with van der Waals surface area (Å²) in [5.74, 6) is -2.15. The van der Waals surface area contributed by atoms with Gasteiger partial charge in [-0.3, -0.25) is 14.4 Å². The van der Waals surface area contributed by atoms with Crippen LogP contribution in [0.1, 0.15) is 153 Å². The number of rotatable bonds is 10. The molecule has 0 unspecified atom stereocenters.